The quantitative estimate of drug-likeness (QED) is 0.788. The van der Waals surface area contributed by atoms with E-state index in [4.69, 9.17) is 11.6 Å². The molecule has 0 saturated heterocycles. The first-order valence-electron chi connectivity index (χ1n) is 6.33. The van der Waals surface area contributed by atoms with E-state index < -0.39 is 0 Å². The van der Waals surface area contributed by atoms with E-state index in [2.05, 4.69) is 10.6 Å². The predicted molar refractivity (Wildman–Crippen MR) is 77.8 cm³/mol. The van der Waals surface area contributed by atoms with Crippen molar-refractivity contribution in [3.8, 4) is 0 Å². The topological polar surface area (TPSA) is 58.2 Å². The molecule has 0 aliphatic carbocycles. The van der Waals surface area contributed by atoms with Crippen molar-refractivity contribution in [3.05, 3.63) is 29.3 Å². The van der Waals surface area contributed by atoms with Gasteiger partial charge in [0, 0.05) is 30.1 Å². The number of hydrogen-bond acceptors (Lipinski definition) is 2. The van der Waals surface area contributed by atoms with Gasteiger partial charge in [0.25, 0.3) is 5.91 Å². The van der Waals surface area contributed by atoms with Gasteiger partial charge in [0.15, 0.2) is 0 Å². The van der Waals surface area contributed by atoms with E-state index in [1.54, 1.807) is 18.2 Å². The van der Waals surface area contributed by atoms with Gasteiger partial charge >= 0.3 is 0 Å². The number of hydrogen-bond donors (Lipinski definition) is 2. The van der Waals surface area contributed by atoms with E-state index in [1.165, 1.54) is 0 Å². The first kappa shape index (κ1) is 15.5. The summed E-state index contributed by atoms with van der Waals surface area (Å²) in [5, 5.41) is 5.55. The number of alkyl halides is 1. The zero-order chi connectivity index (χ0) is 14.3. The molecule has 2 N–H and O–H groups in total. The lowest BCUT2D eigenvalue weighted by Crippen LogP contribution is -2.22. The summed E-state index contributed by atoms with van der Waals surface area (Å²) in [4.78, 5) is 23.3. The molecule has 0 unspecified atom stereocenters. The first-order valence-corrected chi connectivity index (χ1v) is 6.86. The number of carbonyl (C=O) groups is 2. The minimum Gasteiger partial charge on any atom is -0.352 e. The van der Waals surface area contributed by atoms with Gasteiger partial charge in [-0.25, -0.2) is 0 Å². The summed E-state index contributed by atoms with van der Waals surface area (Å²) >= 11 is 5.54. The number of carbonyl (C=O) groups excluding carboxylic acids is 2. The molecule has 0 saturated carbocycles. The molecule has 0 aliphatic heterocycles. The van der Waals surface area contributed by atoms with Crippen molar-refractivity contribution in [1.82, 2.24) is 5.32 Å². The van der Waals surface area contributed by atoms with Gasteiger partial charge in [-0.1, -0.05) is 0 Å². The van der Waals surface area contributed by atoms with Crippen molar-refractivity contribution in [2.75, 3.05) is 17.7 Å². The molecule has 1 aromatic carbocycles. The van der Waals surface area contributed by atoms with Gasteiger partial charge in [0.2, 0.25) is 5.91 Å². The molecule has 19 heavy (non-hydrogen) atoms. The van der Waals surface area contributed by atoms with Crippen LogP contribution in [0.2, 0.25) is 0 Å². The van der Waals surface area contributed by atoms with Crippen LogP contribution in [-0.4, -0.2) is 24.2 Å². The Kier molecular flexibility index (Phi) is 6.36. The van der Waals surface area contributed by atoms with Crippen molar-refractivity contribution in [1.29, 1.82) is 0 Å². The third-order valence-corrected chi connectivity index (χ3v) is 2.90. The monoisotopic (exact) mass is 282 g/mol. The molecule has 1 aromatic rings. The fraction of sp³-hybridized carbons (Fsp3) is 0.429. The van der Waals surface area contributed by atoms with Crippen molar-refractivity contribution in [2.45, 2.75) is 26.7 Å². The maximum Gasteiger partial charge on any atom is 0.251 e. The highest BCUT2D eigenvalue weighted by molar-refractivity contribution is 6.18. The highest BCUT2D eigenvalue weighted by atomic mass is 35.5. The van der Waals surface area contributed by atoms with Crippen LogP contribution in [0.4, 0.5) is 5.69 Å². The largest absolute Gasteiger partial charge is 0.352 e. The number of benzene rings is 1. The number of anilines is 1. The third-order valence-electron chi connectivity index (χ3n) is 2.64. The summed E-state index contributed by atoms with van der Waals surface area (Å²) in [5.74, 6) is 0.308. The lowest BCUT2D eigenvalue weighted by Gasteiger charge is -2.10. The van der Waals surface area contributed by atoms with Gasteiger partial charge in [-0.15, -0.1) is 11.6 Å². The smallest absolute Gasteiger partial charge is 0.251 e. The van der Waals surface area contributed by atoms with Gasteiger partial charge in [-0.3, -0.25) is 9.59 Å². The predicted octanol–water partition coefficient (Wildman–Crippen LogP) is 2.70. The van der Waals surface area contributed by atoms with E-state index in [-0.39, 0.29) is 11.8 Å². The van der Waals surface area contributed by atoms with Crippen molar-refractivity contribution < 1.29 is 9.59 Å². The molecule has 0 aliphatic rings. The molecule has 4 nitrogen and oxygen atoms in total. The zero-order valence-electron chi connectivity index (χ0n) is 11.3. The normalized spacial score (nSPS) is 10.1. The Hall–Kier alpha value is -1.55. The summed E-state index contributed by atoms with van der Waals surface area (Å²) < 4.78 is 0. The molecular formula is C14H19ClN2O2. The first-order chi connectivity index (χ1) is 9.08. The highest BCUT2D eigenvalue weighted by Gasteiger charge is 2.08. The van der Waals surface area contributed by atoms with Gasteiger partial charge in [0.1, 0.15) is 0 Å². The molecule has 0 bridgehead atoms. The van der Waals surface area contributed by atoms with Crippen LogP contribution in [0.5, 0.6) is 0 Å². The Labute approximate surface area is 118 Å². The minimum atomic E-state index is -0.106. The molecule has 0 heterocycles. The Morgan fingerprint density at radius 2 is 2.05 bits per heavy atom. The van der Waals surface area contributed by atoms with E-state index in [1.807, 2.05) is 13.8 Å². The molecule has 0 radical (unpaired) electrons. The third kappa shape index (κ3) is 4.91. The number of amides is 2. The molecule has 2 amide bonds. The number of nitrogens with one attached hydrogen (secondary N) is 2. The van der Waals surface area contributed by atoms with E-state index in [0.29, 0.717) is 30.8 Å². The van der Waals surface area contributed by atoms with Gasteiger partial charge in [-0.2, -0.15) is 0 Å². The fourth-order valence-electron chi connectivity index (χ4n) is 1.65. The molecule has 0 fully saturated rings. The van der Waals surface area contributed by atoms with Crippen LogP contribution >= 0.6 is 11.6 Å². The lowest BCUT2D eigenvalue weighted by molar-refractivity contribution is -0.116. The molecule has 1 rings (SSSR count). The molecule has 0 spiro atoms. The van der Waals surface area contributed by atoms with E-state index in [9.17, 15) is 9.59 Å². The van der Waals surface area contributed by atoms with Crippen LogP contribution in [0.1, 0.15) is 35.7 Å². The van der Waals surface area contributed by atoms with Gasteiger partial charge in [-0.05, 0) is 44.0 Å². The number of aryl methyl sites for hydroxylation is 1. The molecule has 0 aromatic heterocycles. The summed E-state index contributed by atoms with van der Waals surface area (Å²) in [6, 6.07) is 5.22. The maximum absolute atomic E-state index is 11.7. The SMILES string of the molecule is CCNC(=O)c1ccc(NC(=O)CCCCl)c(C)c1. The van der Waals surface area contributed by atoms with Crippen molar-refractivity contribution in [3.63, 3.8) is 0 Å². The summed E-state index contributed by atoms with van der Waals surface area (Å²) in [6.07, 6.45) is 1.06. The van der Waals surface area contributed by atoms with Crippen molar-refractivity contribution >= 4 is 29.1 Å². The Morgan fingerprint density at radius 3 is 2.63 bits per heavy atom. The van der Waals surface area contributed by atoms with Crippen LogP contribution < -0.4 is 10.6 Å². The fourth-order valence-corrected chi connectivity index (χ4v) is 1.78. The summed E-state index contributed by atoms with van der Waals surface area (Å²) in [7, 11) is 0. The molecular weight excluding hydrogens is 264 g/mol. The highest BCUT2D eigenvalue weighted by Crippen LogP contribution is 2.17. The van der Waals surface area contributed by atoms with Gasteiger partial charge < -0.3 is 10.6 Å². The lowest BCUT2D eigenvalue weighted by atomic mass is 10.1. The second kappa shape index (κ2) is 7.79. The van der Waals surface area contributed by atoms with E-state index >= 15 is 0 Å². The average molecular weight is 283 g/mol. The maximum atomic E-state index is 11.7. The van der Waals surface area contributed by atoms with Crippen molar-refractivity contribution in [2.24, 2.45) is 0 Å². The van der Waals surface area contributed by atoms with Crippen LogP contribution in [0, 0.1) is 6.92 Å². The molecule has 0 atom stereocenters. The van der Waals surface area contributed by atoms with E-state index in [0.717, 1.165) is 11.3 Å². The Bertz CT molecular complexity index is 461. The van der Waals surface area contributed by atoms with Crippen LogP contribution in [0.25, 0.3) is 0 Å². The summed E-state index contributed by atoms with van der Waals surface area (Å²) in [5.41, 5.74) is 2.19. The summed E-state index contributed by atoms with van der Waals surface area (Å²) in [6.45, 7) is 4.32. The van der Waals surface area contributed by atoms with Crippen LogP contribution in [0.3, 0.4) is 0 Å². The second-order valence-electron chi connectivity index (χ2n) is 4.23. The standard InChI is InChI=1S/C14H19ClN2O2/c1-3-16-14(19)11-6-7-12(10(2)9-11)17-13(18)5-4-8-15/h6-7,9H,3-5,8H2,1-2H3,(H,16,19)(H,17,18). The average Bonchev–Trinajstić information content (AvgIpc) is 2.39. The van der Waals surface area contributed by atoms with Crippen LogP contribution in [0.15, 0.2) is 18.2 Å². The number of halogens is 1. The Balaban J connectivity index is 2.72. The molecule has 5 heteroatoms. The Morgan fingerprint density at radius 1 is 1.32 bits per heavy atom. The van der Waals surface area contributed by atoms with Gasteiger partial charge in [0.05, 0.1) is 0 Å². The minimum absolute atomic E-state index is 0.0606. The second-order valence-corrected chi connectivity index (χ2v) is 4.61. The zero-order valence-corrected chi connectivity index (χ0v) is 12.0. The molecule has 104 valence electrons. The van der Waals surface area contributed by atoms with Crippen LogP contribution in [-0.2, 0) is 4.79 Å². The number of rotatable bonds is 6.